The molecule has 1 unspecified atom stereocenters. The highest BCUT2D eigenvalue weighted by molar-refractivity contribution is 6.22. The number of carbonyl (C=O) groups is 3. The molecule has 3 aromatic rings. The first kappa shape index (κ1) is 20.3. The first-order valence-electron chi connectivity index (χ1n) is 10.7. The van der Waals surface area contributed by atoms with Crippen LogP contribution in [0.1, 0.15) is 63.1 Å². The van der Waals surface area contributed by atoms with Crippen LogP contribution in [-0.2, 0) is 12.8 Å². The fourth-order valence-electron chi connectivity index (χ4n) is 4.74. The fraction of sp³-hybridized carbons (Fsp3) is 0.320. The Morgan fingerprint density at radius 2 is 1.81 bits per heavy atom. The number of hydrogen-bond donors (Lipinski definition) is 2. The Kier molecular flexibility index (Phi) is 4.41. The van der Waals surface area contributed by atoms with Gasteiger partial charge in [0, 0.05) is 40.2 Å². The smallest absolute Gasteiger partial charge is 0.262 e. The van der Waals surface area contributed by atoms with Crippen molar-refractivity contribution in [1.29, 1.82) is 0 Å². The molecule has 2 aliphatic rings. The zero-order valence-electron chi connectivity index (χ0n) is 18.5. The van der Waals surface area contributed by atoms with Gasteiger partial charge in [0.25, 0.3) is 17.7 Å². The molecule has 1 atom stereocenters. The number of ether oxygens (including phenoxy) is 1. The average molecular weight is 431 g/mol. The third-order valence-corrected chi connectivity index (χ3v) is 6.26. The first-order valence-corrected chi connectivity index (χ1v) is 10.7. The number of methoxy groups -OCH3 is 1. The van der Waals surface area contributed by atoms with Gasteiger partial charge in [-0.2, -0.15) is 0 Å². The molecule has 0 saturated carbocycles. The van der Waals surface area contributed by atoms with E-state index in [-0.39, 0.29) is 29.3 Å². The van der Waals surface area contributed by atoms with Gasteiger partial charge in [-0.15, -0.1) is 0 Å². The van der Waals surface area contributed by atoms with Gasteiger partial charge in [0.1, 0.15) is 5.75 Å². The predicted octanol–water partition coefficient (Wildman–Crippen LogP) is 3.47. The Labute approximate surface area is 185 Å². The van der Waals surface area contributed by atoms with Gasteiger partial charge in [0.15, 0.2) is 0 Å². The molecule has 7 heteroatoms. The zero-order chi connectivity index (χ0) is 22.8. The summed E-state index contributed by atoms with van der Waals surface area (Å²) in [5.41, 5.74) is 3.75. The molecule has 0 bridgehead atoms. The molecule has 164 valence electrons. The zero-order valence-corrected chi connectivity index (χ0v) is 18.5. The van der Waals surface area contributed by atoms with E-state index in [1.807, 2.05) is 39.0 Å². The molecular formula is C25H25N3O4. The van der Waals surface area contributed by atoms with Crippen molar-refractivity contribution in [3.8, 4) is 5.75 Å². The van der Waals surface area contributed by atoms with Crippen LogP contribution in [0, 0.1) is 0 Å². The molecule has 1 aromatic heterocycles. The predicted molar refractivity (Wildman–Crippen MR) is 120 cm³/mol. The molecule has 2 N–H and O–H groups in total. The highest BCUT2D eigenvalue weighted by Crippen LogP contribution is 2.33. The Hall–Kier alpha value is -3.61. The van der Waals surface area contributed by atoms with Crippen molar-refractivity contribution in [3.63, 3.8) is 0 Å². The summed E-state index contributed by atoms with van der Waals surface area (Å²) in [6.45, 7) is 5.45. The maximum atomic E-state index is 13.0. The minimum atomic E-state index is -0.627. The largest absolute Gasteiger partial charge is 0.497 e. The minimum absolute atomic E-state index is 0.0454. The topological polar surface area (TPSA) is 91.5 Å². The van der Waals surface area contributed by atoms with Crippen molar-refractivity contribution in [2.45, 2.75) is 45.2 Å². The number of fused-ring (bicyclic) bond motifs is 4. The van der Waals surface area contributed by atoms with Crippen molar-refractivity contribution in [3.05, 3.63) is 64.3 Å². The van der Waals surface area contributed by atoms with E-state index < -0.39 is 5.54 Å². The van der Waals surface area contributed by atoms with Gasteiger partial charge in [-0.1, -0.05) is 0 Å². The van der Waals surface area contributed by atoms with Gasteiger partial charge in [0.2, 0.25) is 0 Å². The summed E-state index contributed by atoms with van der Waals surface area (Å²) >= 11 is 0. The van der Waals surface area contributed by atoms with Crippen LogP contribution in [0.4, 0.5) is 0 Å². The van der Waals surface area contributed by atoms with Gasteiger partial charge >= 0.3 is 0 Å². The van der Waals surface area contributed by atoms with Gasteiger partial charge in [-0.3, -0.25) is 19.3 Å². The lowest BCUT2D eigenvalue weighted by Gasteiger charge is -2.29. The van der Waals surface area contributed by atoms with Gasteiger partial charge in [-0.05, 0) is 69.2 Å². The number of H-pyrrole nitrogens is 1. The maximum absolute atomic E-state index is 13.0. The van der Waals surface area contributed by atoms with Crippen LogP contribution in [0.15, 0.2) is 36.4 Å². The second kappa shape index (κ2) is 6.95. The lowest BCUT2D eigenvalue weighted by Crippen LogP contribution is -2.45. The number of aromatic amines is 1. The molecule has 7 nitrogen and oxygen atoms in total. The van der Waals surface area contributed by atoms with Crippen LogP contribution >= 0.6 is 0 Å². The number of benzene rings is 2. The van der Waals surface area contributed by atoms with E-state index >= 15 is 0 Å². The standard InChI is InChI=1S/C25H25N3O4/c1-25(2,3)28-23(30)16-7-5-13(9-19(16)24(28)31)22(29)26-14-10-17-18-12-15(32-4)6-8-20(18)27-21(17)11-14/h5-9,12,14,27H,10-11H2,1-4H3,(H,26,29). The summed E-state index contributed by atoms with van der Waals surface area (Å²) in [6.07, 6.45) is 1.42. The van der Waals surface area contributed by atoms with Crippen LogP contribution in [-0.4, -0.2) is 46.3 Å². The molecule has 1 aliphatic heterocycles. The molecule has 0 radical (unpaired) electrons. The van der Waals surface area contributed by atoms with Gasteiger partial charge < -0.3 is 15.0 Å². The monoisotopic (exact) mass is 431 g/mol. The molecule has 0 saturated heterocycles. The Morgan fingerprint density at radius 3 is 2.53 bits per heavy atom. The lowest BCUT2D eigenvalue weighted by molar-refractivity contribution is 0.0507. The van der Waals surface area contributed by atoms with Crippen molar-refractivity contribution < 1.29 is 19.1 Å². The van der Waals surface area contributed by atoms with Crippen LogP contribution in [0.5, 0.6) is 5.75 Å². The molecule has 0 spiro atoms. The van der Waals surface area contributed by atoms with Crippen molar-refractivity contribution in [2.75, 3.05) is 7.11 Å². The number of imide groups is 1. The van der Waals surface area contributed by atoms with Gasteiger partial charge in [-0.25, -0.2) is 0 Å². The second-order valence-corrected chi connectivity index (χ2v) is 9.45. The number of rotatable bonds is 3. The third kappa shape index (κ3) is 3.07. The fourth-order valence-corrected chi connectivity index (χ4v) is 4.74. The summed E-state index contributed by atoms with van der Waals surface area (Å²) in [5, 5.41) is 4.19. The third-order valence-electron chi connectivity index (χ3n) is 6.26. The number of nitrogens with one attached hydrogen (secondary N) is 2. The van der Waals surface area contributed by atoms with E-state index in [9.17, 15) is 14.4 Å². The highest BCUT2D eigenvalue weighted by atomic mass is 16.5. The normalized spacial score (nSPS) is 17.6. The second-order valence-electron chi connectivity index (χ2n) is 9.45. The molecule has 0 fully saturated rings. The minimum Gasteiger partial charge on any atom is -0.497 e. The summed E-state index contributed by atoms with van der Waals surface area (Å²) in [6, 6.07) is 10.6. The summed E-state index contributed by atoms with van der Waals surface area (Å²) in [4.78, 5) is 43.1. The Bertz CT molecular complexity index is 1300. The number of aromatic nitrogens is 1. The van der Waals surface area contributed by atoms with Gasteiger partial charge in [0.05, 0.1) is 18.2 Å². The summed E-state index contributed by atoms with van der Waals surface area (Å²) in [7, 11) is 1.65. The van der Waals surface area contributed by atoms with Crippen molar-refractivity contribution in [1.82, 2.24) is 15.2 Å². The maximum Gasteiger partial charge on any atom is 0.262 e. The van der Waals surface area contributed by atoms with E-state index in [1.165, 1.54) is 16.5 Å². The van der Waals surface area contributed by atoms with Crippen LogP contribution in [0.3, 0.4) is 0 Å². The molecule has 3 amide bonds. The van der Waals surface area contributed by atoms with Crippen molar-refractivity contribution >= 4 is 28.6 Å². The molecular weight excluding hydrogens is 406 g/mol. The van der Waals surface area contributed by atoms with Crippen LogP contribution < -0.4 is 10.1 Å². The van der Waals surface area contributed by atoms with E-state index in [4.69, 9.17) is 4.74 Å². The Balaban J connectivity index is 1.35. The molecule has 5 rings (SSSR count). The average Bonchev–Trinajstić information content (AvgIpc) is 3.36. The quantitative estimate of drug-likeness (QED) is 0.621. The van der Waals surface area contributed by atoms with E-state index in [0.29, 0.717) is 24.0 Å². The highest BCUT2D eigenvalue weighted by Gasteiger charge is 2.42. The molecule has 2 aromatic carbocycles. The molecule has 32 heavy (non-hydrogen) atoms. The number of carbonyl (C=O) groups excluding carboxylic acids is 3. The van der Waals surface area contributed by atoms with E-state index in [2.05, 4.69) is 10.3 Å². The van der Waals surface area contributed by atoms with Crippen LogP contribution in [0.2, 0.25) is 0 Å². The lowest BCUT2D eigenvalue weighted by atomic mass is 10.0. The number of amides is 3. The Morgan fingerprint density at radius 1 is 1.06 bits per heavy atom. The summed E-state index contributed by atoms with van der Waals surface area (Å²) in [5.74, 6) is -0.128. The van der Waals surface area contributed by atoms with E-state index in [1.54, 1.807) is 19.2 Å². The van der Waals surface area contributed by atoms with Crippen molar-refractivity contribution in [2.24, 2.45) is 0 Å². The molecule has 1 aliphatic carbocycles. The molecule has 2 heterocycles. The van der Waals surface area contributed by atoms with Crippen LogP contribution in [0.25, 0.3) is 10.9 Å². The first-order chi connectivity index (χ1) is 15.2. The number of hydrogen-bond acceptors (Lipinski definition) is 4. The number of nitrogens with zero attached hydrogens (tertiary/aromatic N) is 1. The summed E-state index contributed by atoms with van der Waals surface area (Å²) < 4.78 is 5.34. The van der Waals surface area contributed by atoms with E-state index in [0.717, 1.165) is 22.3 Å². The SMILES string of the molecule is COc1ccc2[nH]c3c(c2c1)CC(NC(=O)c1ccc2c(c1)C(=O)N(C(C)(C)C)C2=O)C3.